The van der Waals surface area contributed by atoms with E-state index in [1.165, 1.54) is 12.4 Å². The third-order valence-electron chi connectivity index (χ3n) is 4.40. The second-order valence-electron chi connectivity index (χ2n) is 6.25. The van der Waals surface area contributed by atoms with Crippen molar-refractivity contribution in [1.29, 1.82) is 5.41 Å². The number of nitrogens with zero attached hydrogens (tertiary/aromatic N) is 2. The zero-order chi connectivity index (χ0) is 19.2. The molecule has 0 saturated heterocycles. The Morgan fingerprint density at radius 2 is 2.11 bits per heavy atom. The maximum absolute atomic E-state index is 12.6. The van der Waals surface area contributed by atoms with Crippen LogP contribution >= 0.6 is 0 Å². The first kappa shape index (κ1) is 18.7. The van der Waals surface area contributed by atoms with E-state index in [2.05, 4.69) is 10.3 Å². The van der Waals surface area contributed by atoms with Gasteiger partial charge in [0.05, 0.1) is 6.54 Å². The predicted molar refractivity (Wildman–Crippen MR) is 104 cm³/mol. The number of hydrogen-bond donors (Lipinski definition) is 3. The highest BCUT2D eigenvalue weighted by molar-refractivity contribution is 6.09. The molecule has 5 nitrogen and oxygen atoms in total. The number of nitrogens with one attached hydrogen (secondary N) is 2. The van der Waals surface area contributed by atoms with E-state index in [-0.39, 0.29) is 6.54 Å². The number of pyridine rings is 1. The van der Waals surface area contributed by atoms with Crippen molar-refractivity contribution in [1.82, 2.24) is 9.88 Å². The number of alkyl halides is 2. The topological polar surface area (TPSA) is 78.0 Å². The van der Waals surface area contributed by atoms with Crippen LogP contribution < -0.4 is 11.1 Å². The molecule has 0 unspecified atom stereocenters. The summed E-state index contributed by atoms with van der Waals surface area (Å²) in [6.07, 6.45) is 7.26. The minimum atomic E-state index is -2.32. The van der Waals surface area contributed by atoms with Gasteiger partial charge in [0.2, 0.25) is 0 Å². The summed E-state index contributed by atoms with van der Waals surface area (Å²) < 4.78 is 25.1. The van der Waals surface area contributed by atoms with Crippen LogP contribution in [0.1, 0.15) is 22.3 Å². The number of anilines is 1. The van der Waals surface area contributed by atoms with Crippen LogP contribution in [0.25, 0.3) is 11.6 Å². The molecule has 0 amide bonds. The van der Waals surface area contributed by atoms with E-state index in [0.717, 1.165) is 27.9 Å². The normalized spacial score (nSPS) is 14.7. The number of hydrogen-bond acceptors (Lipinski definition) is 5. The summed E-state index contributed by atoms with van der Waals surface area (Å²) in [4.78, 5) is 5.86. The van der Waals surface area contributed by atoms with Gasteiger partial charge in [0, 0.05) is 60.9 Å². The summed E-state index contributed by atoms with van der Waals surface area (Å²) in [5.74, 6) is 0. The number of benzene rings is 1. The Morgan fingerprint density at radius 1 is 1.30 bits per heavy atom. The largest absolute Gasteiger partial charge is 0.404 e. The van der Waals surface area contributed by atoms with Gasteiger partial charge in [-0.1, -0.05) is 6.07 Å². The summed E-state index contributed by atoms with van der Waals surface area (Å²) in [6, 6.07) is 7.69. The second kappa shape index (κ2) is 8.55. The van der Waals surface area contributed by atoms with Crippen LogP contribution in [0.3, 0.4) is 0 Å². The Hall–Kier alpha value is -3.06. The molecule has 4 N–H and O–H groups in total. The summed E-state index contributed by atoms with van der Waals surface area (Å²) in [5, 5.41) is 10.6. The molecule has 140 valence electrons. The fourth-order valence-electron chi connectivity index (χ4n) is 3.12. The van der Waals surface area contributed by atoms with Gasteiger partial charge in [-0.25, -0.2) is 8.78 Å². The Balaban J connectivity index is 1.70. The van der Waals surface area contributed by atoms with E-state index in [4.69, 9.17) is 11.1 Å². The first-order valence-electron chi connectivity index (χ1n) is 8.53. The van der Waals surface area contributed by atoms with Gasteiger partial charge in [-0.2, -0.15) is 0 Å². The van der Waals surface area contributed by atoms with Gasteiger partial charge in [0.1, 0.15) is 0 Å². The van der Waals surface area contributed by atoms with E-state index in [1.54, 1.807) is 29.6 Å². The lowest BCUT2D eigenvalue weighted by Gasteiger charge is -2.12. The molecule has 0 spiro atoms. The average Bonchev–Trinajstić information content (AvgIpc) is 3.04. The van der Waals surface area contributed by atoms with Crippen LogP contribution in [-0.2, 0) is 13.1 Å². The number of rotatable bonds is 7. The molecule has 1 aromatic heterocycles. The average molecular weight is 369 g/mol. The summed E-state index contributed by atoms with van der Waals surface area (Å²) in [5.41, 5.74) is 10.9. The van der Waals surface area contributed by atoms with E-state index in [1.807, 2.05) is 24.3 Å². The SMILES string of the molecule is N=C/C(=C\N)c1ccncc1/C=C/Nc1ccc2c(c1)CN(CC(F)F)C2. The molecule has 0 bridgehead atoms. The maximum Gasteiger partial charge on any atom is 0.251 e. The van der Waals surface area contributed by atoms with Gasteiger partial charge in [0.15, 0.2) is 0 Å². The smallest absolute Gasteiger partial charge is 0.251 e. The summed E-state index contributed by atoms with van der Waals surface area (Å²) >= 11 is 0. The van der Waals surface area contributed by atoms with Crippen molar-refractivity contribution in [3.63, 3.8) is 0 Å². The van der Waals surface area contributed by atoms with Crippen LogP contribution in [0.2, 0.25) is 0 Å². The molecule has 0 radical (unpaired) electrons. The minimum absolute atomic E-state index is 0.203. The molecule has 0 saturated carbocycles. The fraction of sp³-hybridized carbons (Fsp3) is 0.200. The Morgan fingerprint density at radius 3 is 2.85 bits per heavy atom. The lowest BCUT2D eigenvalue weighted by molar-refractivity contribution is 0.0873. The summed E-state index contributed by atoms with van der Waals surface area (Å²) in [7, 11) is 0. The lowest BCUT2D eigenvalue weighted by atomic mass is 10.0. The van der Waals surface area contributed by atoms with Gasteiger partial charge in [-0.3, -0.25) is 9.88 Å². The number of fused-ring (bicyclic) bond motifs is 1. The van der Waals surface area contributed by atoms with Crippen LogP contribution in [0.4, 0.5) is 14.5 Å². The molecular formula is C20H21F2N5. The highest BCUT2D eigenvalue weighted by atomic mass is 19.3. The molecular weight excluding hydrogens is 348 g/mol. The molecule has 27 heavy (non-hydrogen) atoms. The van der Waals surface area contributed by atoms with Gasteiger partial charge < -0.3 is 16.5 Å². The van der Waals surface area contributed by atoms with Crippen LogP contribution in [-0.4, -0.2) is 29.1 Å². The quantitative estimate of drug-likeness (QED) is 0.651. The van der Waals surface area contributed by atoms with Crippen LogP contribution in [0, 0.1) is 5.41 Å². The minimum Gasteiger partial charge on any atom is -0.404 e. The maximum atomic E-state index is 12.6. The van der Waals surface area contributed by atoms with Crippen molar-refractivity contribution in [2.75, 3.05) is 11.9 Å². The molecule has 1 aliphatic rings. The van der Waals surface area contributed by atoms with Crippen molar-refractivity contribution in [2.45, 2.75) is 19.5 Å². The van der Waals surface area contributed by atoms with E-state index in [0.29, 0.717) is 18.7 Å². The zero-order valence-electron chi connectivity index (χ0n) is 14.7. The summed E-state index contributed by atoms with van der Waals surface area (Å²) in [6.45, 7) is 0.896. The van der Waals surface area contributed by atoms with Gasteiger partial charge >= 0.3 is 0 Å². The molecule has 2 heterocycles. The Labute approximate surface area is 156 Å². The van der Waals surface area contributed by atoms with E-state index in [9.17, 15) is 8.78 Å². The lowest BCUT2D eigenvalue weighted by Crippen LogP contribution is -2.22. The Kier molecular flexibility index (Phi) is 5.93. The predicted octanol–water partition coefficient (Wildman–Crippen LogP) is 3.69. The highest BCUT2D eigenvalue weighted by Crippen LogP contribution is 2.26. The second-order valence-corrected chi connectivity index (χ2v) is 6.25. The first-order valence-corrected chi connectivity index (χ1v) is 8.53. The first-order chi connectivity index (χ1) is 13.1. The molecule has 1 aliphatic heterocycles. The highest BCUT2D eigenvalue weighted by Gasteiger charge is 2.21. The fourth-order valence-corrected chi connectivity index (χ4v) is 3.12. The third kappa shape index (κ3) is 4.57. The van der Waals surface area contributed by atoms with Crippen molar-refractivity contribution in [2.24, 2.45) is 5.73 Å². The van der Waals surface area contributed by atoms with Crippen molar-refractivity contribution < 1.29 is 8.78 Å². The standard InChI is InChI=1S/C20H21F2N5/c21-20(22)13-27-11-15-1-2-18(7-16(15)12-27)26-6-3-14-10-25-5-4-19(14)17(8-23)9-24/h1-10,20,23,26H,11-13,24H2/b6-3+,17-9+,23-8?. The zero-order valence-corrected chi connectivity index (χ0v) is 14.7. The van der Waals surface area contributed by atoms with Gasteiger partial charge in [-0.05, 0) is 41.0 Å². The molecule has 0 aliphatic carbocycles. The molecule has 0 atom stereocenters. The van der Waals surface area contributed by atoms with Gasteiger partial charge in [-0.15, -0.1) is 0 Å². The molecule has 7 heteroatoms. The molecule has 0 fully saturated rings. The van der Waals surface area contributed by atoms with Crippen LogP contribution in [0.15, 0.2) is 49.1 Å². The van der Waals surface area contributed by atoms with Crippen molar-refractivity contribution in [3.05, 3.63) is 71.3 Å². The molecule has 2 aromatic rings. The number of nitrogens with two attached hydrogens (primary N) is 1. The third-order valence-corrected chi connectivity index (χ3v) is 4.40. The Bertz CT molecular complexity index is 876. The van der Waals surface area contributed by atoms with Gasteiger partial charge in [0.25, 0.3) is 6.43 Å². The van der Waals surface area contributed by atoms with Crippen molar-refractivity contribution in [3.8, 4) is 0 Å². The molecule has 3 rings (SSSR count). The van der Waals surface area contributed by atoms with E-state index >= 15 is 0 Å². The van der Waals surface area contributed by atoms with Crippen molar-refractivity contribution >= 4 is 23.6 Å². The van der Waals surface area contributed by atoms with Crippen LogP contribution in [0.5, 0.6) is 0 Å². The molecule has 1 aromatic carbocycles. The number of allylic oxidation sites excluding steroid dienone is 1. The number of aromatic nitrogens is 1. The monoisotopic (exact) mass is 369 g/mol. The number of halogens is 2. The van der Waals surface area contributed by atoms with E-state index < -0.39 is 6.43 Å².